The highest BCUT2D eigenvalue weighted by Crippen LogP contribution is 2.11. The van der Waals surface area contributed by atoms with Gasteiger partial charge < -0.3 is 4.74 Å². The van der Waals surface area contributed by atoms with Gasteiger partial charge in [-0.3, -0.25) is 0 Å². The first-order chi connectivity index (χ1) is 7.39. The van der Waals surface area contributed by atoms with E-state index in [1.807, 2.05) is 0 Å². The van der Waals surface area contributed by atoms with E-state index in [1.165, 1.54) is 25.2 Å². The van der Waals surface area contributed by atoms with Crippen LogP contribution in [0, 0.1) is 5.82 Å². The summed E-state index contributed by atoms with van der Waals surface area (Å²) < 4.78 is 40.5. The van der Waals surface area contributed by atoms with Crippen molar-refractivity contribution in [3.8, 4) is 5.75 Å². The Morgan fingerprint density at radius 1 is 1.50 bits per heavy atom. The van der Waals surface area contributed by atoms with Gasteiger partial charge in [0, 0.05) is 19.7 Å². The Kier molecular flexibility index (Phi) is 4.22. The summed E-state index contributed by atoms with van der Waals surface area (Å²) in [5.41, 5.74) is 0. The summed E-state index contributed by atoms with van der Waals surface area (Å²) in [6, 6.07) is 5.61. The topological polar surface area (TPSA) is 72.6 Å². The molecule has 0 bridgehead atoms. The lowest BCUT2D eigenvalue weighted by Crippen LogP contribution is -2.36. The van der Waals surface area contributed by atoms with Crippen molar-refractivity contribution >= 4 is 10.2 Å². The van der Waals surface area contributed by atoms with Crippen molar-refractivity contribution in [2.45, 2.75) is 0 Å². The Balaban J connectivity index is 2.42. The van der Waals surface area contributed by atoms with Crippen molar-refractivity contribution in [3.05, 3.63) is 30.1 Å². The van der Waals surface area contributed by atoms with Gasteiger partial charge in [0.25, 0.3) is 10.2 Å². The van der Waals surface area contributed by atoms with Gasteiger partial charge in [-0.05, 0) is 12.1 Å². The Morgan fingerprint density at radius 3 is 2.75 bits per heavy atom. The molecular formula is C9H13FN2O3S. The largest absolute Gasteiger partial charge is 0.492 e. The van der Waals surface area contributed by atoms with Gasteiger partial charge in [-0.25, -0.2) is 9.53 Å². The number of nitrogens with two attached hydrogens (primary N) is 1. The first kappa shape index (κ1) is 12.9. The van der Waals surface area contributed by atoms with E-state index in [9.17, 15) is 12.8 Å². The van der Waals surface area contributed by atoms with E-state index in [1.54, 1.807) is 6.07 Å². The smallest absolute Gasteiger partial charge is 0.276 e. The van der Waals surface area contributed by atoms with Gasteiger partial charge in [-0.2, -0.15) is 12.7 Å². The number of benzene rings is 1. The van der Waals surface area contributed by atoms with Crippen molar-refractivity contribution in [2.75, 3.05) is 20.2 Å². The molecule has 7 heteroatoms. The molecule has 0 atom stereocenters. The molecule has 5 nitrogen and oxygen atoms in total. The summed E-state index contributed by atoms with van der Waals surface area (Å²) in [4.78, 5) is 0. The van der Waals surface area contributed by atoms with Gasteiger partial charge in [0.15, 0.2) is 0 Å². The second kappa shape index (κ2) is 5.24. The fraction of sp³-hybridized carbons (Fsp3) is 0.333. The highest BCUT2D eigenvalue weighted by molar-refractivity contribution is 7.86. The second-order valence-corrected chi connectivity index (χ2v) is 4.83. The number of likely N-dealkylation sites (N-methyl/N-ethyl adjacent to an activating group) is 1. The van der Waals surface area contributed by atoms with Crippen LogP contribution in [-0.2, 0) is 10.2 Å². The number of hydrogen-bond acceptors (Lipinski definition) is 3. The van der Waals surface area contributed by atoms with Crippen molar-refractivity contribution in [1.82, 2.24) is 4.31 Å². The Hall–Kier alpha value is -1.18. The standard InChI is InChI=1S/C9H13FN2O3S/c1-12(16(11,13)14)5-6-15-9-4-2-3-8(10)7-9/h2-4,7H,5-6H2,1H3,(H2,11,13,14). The number of rotatable bonds is 5. The normalized spacial score (nSPS) is 11.8. The zero-order chi connectivity index (χ0) is 12.2. The minimum Gasteiger partial charge on any atom is -0.492 e. The molecule has 16 heavy (non-hydrogen) atoms. The predicted octanol–water partition coefficient (Wildman–Crippen LogP) is 0.340. The number of halogens is 1. The molecule has 1 aromatic rings. The van der Waals surface area contributed by atoms with Crippen molar-refractivity contribution < 1.29 is 17.5 Å². The van der Waals surface area contributed by atoms with E-state index in [2.05, 4.69) is 0 Å². The van der Waals surface area contributed by atoms with Gasteiger partial charge in [-0.1, -0.05) is 6.07 Å². The molecule has 0 aliphatic heterocycles. The Labute approximate surface area is 93.8 Å². The van der Waals surface area contributed by atoms with Gasteiger partial charge in [0.1, 0.15) is 18.2 Å². The van der Waals surface area contributed by atoms with Gasteiger partial charge in [-0.15, -0.1) is 0 Å². The van der Waals surface area contributed by atoms with Crippen LogP contribution in [0.5, 0.6) is 5.75 Å². The molecule has 0 spiro atoms. The summed E-state index contributed by atoms with van der Waals surface area (Å²) in [7, 11) is -2.35. The zero-order valence-electron chi connectivity index (χ0n) is 8.76. The third kappa shape index (κ3) is 4.13. The molecule has 0 radical (unpaired) electrons. The second-order valence-electron chi connectivity index (χ2n) is 3.17. The minimum atomic E-state index is -3.69. The summed E-state index contributed by atoms with van der Waals surface area (Å²) in [5, 5.41) is 4.87. The Morgan fingerprint density at radius 2 is 2.19 bits per heavy atom. The predicted molar refractivity (Wildman–Crippen MR) is 57.6 cm³/mol. The third-order valence-electron chi connectivity index (χ3n) is 1.91. The van der Waals surface area contributed by atoms with E-state index >= 15 is 0 Å². The van der Waals surface area contributed by atoms with Crippen LogP contribution < -0.4 is 9.88 Å². The highest BCUT2D eigenvalue weighted by atomic mass is 32.2. The van der Waals surface area contributed by atoms with Crippen LogP contribution in [0.25, 0.3) is 0 Å². The van der Waals surface area contributed by atoms with Crippen LogP contribution in [0.1, 0.15) is 0 Å². The molecule has 0 aliphatic rings. The van der Waals surface area contributed by atoms with Crippen molar-refractivity contribution in [2.24, 2.45) is 5.14 Å². The molecule has 0 unspecified atom stereocenters. The third-order valence-corrected chi connectivity index (χ3v) is 2.96. The van der Waals surface area contributed by atoms with E-state index in [0.717, 1.165) is 4.31 Å². The van der Waals surface area contributed by atoms with Gasteiger partial charge in [0.05, 0.1) is 0 Å². The van der Waals surface area contributed by atoms with E-state index in [-0.39, 0.29) is 13.2 Å². The maximum absolute atomic E-state index is 12.7. The summed E-state index contributed by atoms with van der Waals surface area (Å²) in [6.45, 7) is 0.214. The van der Waals surface area contributed by atoms with Crippen LogP contribution in [0.2, 0.25) is 0 Å². The Bertz CT molecular complexity index is 450. The molecular weight excluding hydrogens is 235 g/mol. The molecule has 1 rings (SSSR count). The monoisotopic (exact) mass is 248 g/mol. The average Bonchev–Trinajstić information content (AvgIpc) is 2.16. The van der Waals surface area contributed by atoms with Gasteiger partial charge >= 0.3 is 0 Å². The number of hydrogen-bond donors (Lipinski definition) is 1. The SMILES string of the molecule is CN(CCOc1cccc(F)c1)S(N)(=O)=O. The number of ether oxygens (including phenoxy) is 1. The highest BCUT2D eigenvalue weighted by Gasteiger charge is 2.10. The first-order valence-corrected chi connectivity index (χ1v) is 6.02. The van der Waals surface area contributed by atoms with Crippen molar-refractivity contribution in [1.29, 1.82) is 0 Å². The molecule has 0 saturated carbocycles. The lowest BCUT2D eigenvalue weighted by molar-refractivity contribution is 0.286. The summed E-state index contributed by atoms with van der Waals surface area (Å²) >= 11 is 0. The van der Waals surface area contributed by atoms with Crippen LogP contribution >= 0.6 is 0 Å². The summed E-state index contributed by atoms with van der Waals surface area (Å²) in [5.74, 6) is -0.0554. The van der Waals surface area contributed by atoms with Gasteiger partial charge in [0.2, 0.25) is 0 Å². The molecule has 1 aromatic carbocycles. The van der Waals surface area contributed by atoms with Crippen LogP contribution in [-0.4, -0.2) is 32.9 Å². The molecule has 0 fully saturated rings. The maximum Gasteiger partial charge on any atom is 0.276 e. The fourth-order valence-corrected chi connectivity index (χ4v) is 1.31. The van der Waals surface area contributed by atoms with E-state index < -0.39 is 16.0 Å². The zero-order valence-corrected chi connectivity index (χ0v) is 9.58. The molecule has 0 aliphatic carbocycles. The molecule has 0 amide bonds. The molecule has 0 heterocycles. The minimum absolute atomic E-state index is 0.106. The molecule has 2 N–H and O–H groups in total. The van der Waals surface area contributed by atoms with Crippen molar-refractivity contribution in [3.63, 3.8) is 0 Å². The van der Waals surface area contributed by atoms with Crippen LogP contribution in [0.3, 0.4) is 0 Å². The quantitative estimate of drug-likeness (QED) is 0.816. The molecule has 0 aromatic heterocycles. The average molecular weight is 248 g/mol. The van der Waals surface area contributed by atoms with Crippen LogP contribution in [0.15, 0.2) is 24.3 Å². The first-order valence-electron chi connectivity index (χ1n) is 4.52. The summed E-state index contributed by atoms with van der Waals surface area (Å²) in [6.07, 6.45) is 0. The molecule has 0 saturated heterocycles. The van der Waals surface area contributed by atoms with Crippen LogP contribution in [0.4, 0.5) is 4.39 Å². The fourth-order valence-electron chi connectivity index (χ4n) is 0.976. The molecule has 90 valence electrons. The lowest BCUT2D eigenvalue weighted by atomic mass is 10.3. The van der Waals surface area contributed by atoms with E-state index in [4.69, 9.17) is 9.88 Å². The number of nitrogens with zero attached hydrogens (tertiary/aromatic N) is 1. The maximum atomic E-state index is 12.7. The van der Waals surface area contributed by atoms with E-state index in [0.29, 0.717) is 5.75 Å². The lowest BCUT2D eigenvalue weighted by Gasteiger charge is -2.13.